The molecule has 3 aromatic rings. The number of nitrogens with zero attached hydrogens (tertiary/aromatic N) is 6. The summed E-state index contributed by atoms with van der Waals surface area (Å²) in [4.78, 5) is 44.3. The molecule has 1 amide bonds. The lowest BCUT2D eigenvalue weighted by Crippen LogP contribution is -2.41. The largest absolute Gasteiger partial charge is 0.352 e. The molecule has 0 atom stereocenters. The Bertz CT molecular complexity index is 1220. The van der Waals surface area contributed by atoms with E-state index in [1.165, 1.54) is 0 Å². The number of hydrogen-bond acceptors (Lipinski definition) is 8. The molecule has 0 aliphatic carbocycles. The highest BCUT2D eigenvalue weighted by Gasteiger charge is 2.22. The number of amides is 1. The van der Waals surface area contributed by atoms with Gasteiger partial charge in [0.2, 0.25) is 5.82 Å². The predicted molar refractivity (Wildman–Crippen MR) is 120 cm³/mol. The van der Waals surface area contributed by atoms with Crippen molar-refractivity contribution in [2.45, 2.75) is 33.2 Å². The fraction of sp³-hybridized carbons (Fsp3) is 0.455. The normalized spacial score (nSPS) is 15.0. The predicted octanol–water partition coefficient (Wildman–Crippen LogP) is 0.926. The van der Waals surface area contributed by atoms with Gasteiger partial charge in [-0.2, -0.15) is 14.8 Å². The number of rotatable bonds is 7. The second-order valence-corrected chi connectivity index (χ2v) is 8.13. The molecule has 0 radical (unpaired) electrons. The molecule has 1 aliphatic heterocycles. The molecule has 0 saturated carbocycles. The van der Waals surface area contributed by atoms with Crippen LogP contribution in [-0.2, 0) is 6.54 Å². The van der Waals surface area contributed by atoms with Crippen LogP contribution in [-0.4, -0.2) is 61.5 Å². The van der Waals surface area contributed by atoms with Crippen molar-refractivity contribution in [1.29, 1.82) is 0 Å². The van der Waals surface area contributed by atoms with Crippen LogP contribution in [0.2, 0.25) is 0 Å². The third kappa shape index (κ3) is 4.92. The summed E-state index contributed by atoms with van der Waals surface area (Å²) in [6.07, 6.45) is 2.32. The fourth-order valence-electron chi connectivity index (χ4n) is 3.77. The number of hydrogen-bond donors (Lipinski definition) is 1. The molecule has 0 unspecified atom stereocenters. The van der Waals surface area contributed by atoms with Gasteiger partial charge in [-0.3, -0.25) is 14.2 Å². The Morgan fingerprint density at radius 2 is 1.91 bits per heavy atom. The maximum absolute atomic E-state index is 12.8. The zero-order chi connectivity index (χ0) is 23.4. The molecule has 11 nitrogen and oxygen atoms in total. The van der Waals surface area contributed by atoms with Crippen molar-refractivity contribution < 1.29 is 9.32 Å². The van der Waals surface area contributed by atoms with Crippen LogP contribution < -0.4 is 16.6 Å². The van der Waals surface area contributed by atoms with Crippen molar-refractivity contribution in [3.8, 4) is 17.2 Å². The van der Waals surface area contributed by atoms with Gasteiger partial charge in [-0.1, -0.05) is 30.3 Å². The monoisotopic (exact) mass is 453 g/mol. The summed E-state index contributed by atoms with van der Waals surface area (Å²) in [6.45, 7) is 7.31. The molecule has 174 valence electrons. The lowest BCUT2D eigenvalue weighted by molar-refractivity contribution is 0.0901. The van der Waals surface area contributed by atoms with Crippen molar-refractivity contribution in [3.63, 3.8) is 0 Å². The van der Waals surface area contributed by atoms with E-state index in [0.717, 1.165) is 47.6 Å². The zero-order valence-corrected chi connectivity index (χ0v) is 18.7. The highest BCUT2D eigenvalue weighted by Crippen LogP contribution is 2.15. The Hall–Kier alpha value is -3.60. The molecule has 3 heterocycles. The molecule has 2 aromatic heterocycles. The SMILES string of the molecule is CCn1c(=O)c(-c2noc(C(=O)NCCN3CCC(C)CC3)n2)nn(-c2ccccc2)c1=O. The van der Waals surface area contributed by atoms with Gasteiger partial charge in [-0.15, -0.1) is 0 Å². The first kappa shape index (κ1) is 22.6. The number of piperidine rings is 1. The lowest BCUT2D eigenvalue weighted by Gasteiger charge is -2.29. The van der Waals surface area contributed by atoms with E-state index in [1.54, 1.807) is 37.3 Å². The second kappa shape index (κ2) is 9.90. The van der Waals surface area contributed by atoms with Crippen LogP contribution in [0.15, 0.2) is 44.4 Å². The zero-order valence-electron chi connectivity index (χ0n) is 18.7. The summed E-state index contributed by atoms with van der Waals surface area (Å²) in [5.74, 6) is -0.192. The molecular weight excluding hydrogens is 426 g/mol. The summed E-state index contributed by atoms with van der Waals surface area (Å²) in [5, 5.41) is 10.7. The molecule has 1 N–H and O–H groups in total. The first-order valence-corrected chi connectivity index (χ1v) is 11.1. The molecule has 11 heteroatoms. The van der Waals surface area contributed by atoms with Crippen LogP contribution in [0.25, 0.3) is 17.2 Å². The Morgan fingerprint density at radius 3 is 2.61 bits per heavy atom. The molecule has 0 spiro atoms. The Labute approximate surface area is 190 Å². The van der Waals surface area contributed by atoms with Crippen LogP contribution in [0.5, 0.6) is 0 Å². The standard InChI is InChI=1S/C22H27N7O4/c1-3-28-21(31)17(25-29(22(28)32)16-7-5-4-6-8-16)18-24-20(33-26-18)19(30)23-11-14-27-12-9-15(2)10-13-27/h4-8,15H,3,9-14H2,1-2H3,(H,23,30). The van der Waals surface area contributed by atoms with E-state index >= 15 is 0 Å². The van der Waals surface area contributed by atoms with Gasteiger partial charge < -0.3 is 14.7 Å². The topological polar surface area (TPSA) is 128 Å². The number of nitrogens with one attached hydrogen (secondary N) is 1. The van der Waals surface area contributed by atoms with Gasteiger partial charge in [0.15, 0.2) is 5.69 Å². The van der Waals surface area contributed by atoms with Gasteiger partial charge in [0.05, 0.1) is 5.69 Å². The Morgan fingerprint density at radius 1 is 1.18 bits per heavy atom. The Kier molecular flexibility index (Phi) is 6.78. The summed E-state index contributed by atoms with van der Waals surface area (Å²) in [6, 6.07) is 8.71. The van der Waals surface area contributed by atoms with Gasteiger partial charge in [0, 0.05) is 19.6 Å². The van der Waals surface area contributed by atoms with E-state index in [-0.39, 0.29) is 24.0 Å². The number of likely N-dealkylation sites (tertiary alicyclic amines) is 1. The summed E-state index contributed by atoms with van der Waals surface area (Å²) >= 11 is 0. The molecule has 1 aliphatic rings. The van der Waals surface area contributed by atoms with Crippen LogP contribution in [0.3, 0.4) is 0 Å². The highest BCUT2D eigenvalue weighted by atomic mass is 16.5. The van der Waals surface area contributed by atoms with E-state index < -0.39 is 17.2 Å². The first-order valence-electron chi connectivity index (χ1n) is 11.1. The number of para-hydroxylation sites is 1. The fourth-order valence-corrected chi connectivity index (χ4v) is 3.77. The van der Waals surface area contributed by atoms with Gasteiger partial charge in [-0.25, -0.2) is 4.79 Å². The van der Waals surface area contributed by atoms with Crippen LogP contribution >= 0.6 is 0 Å². The molecule has 0 bridgehead atoms. The van der Waals surface area contributed by atoms with Crippen molar-refractivity contribution >= 4 is 5.91 Å². The van der Waals surface area contributed by atoms with E-state index in [1.807, 2.05) is 0 Å². The van der Waals surface area contributed by atoms with Gasteiger partial charge in [0.1, 0.15) is 0 Å². The minimum Gasteiger partial charge on any atom is -0.347 e. The number of carbonyl (C=O) groups is 1. The van der Waals surface area contributed by atoms with Crippen LogP contribution in [0.4, 0.5) is 0 Å². The number of benzene rings is 1. The van der Waals surface area contributed by atoms with Crippen LogP contribution in [0.1, 0.15) is 37.4 Å². The van der Waals surface area contributed by atoms with Crippen molar-refractivity contribution in [2.24, 2.45) is 5.92 Å². The Balaban J connectivity index is 1.52. The quantitative estimate of drug-likeness (QED) is 0.559. The molecule has 1 fully saturated rings. The van der Waals surface area contributed by atoms with Crippen molar-refractivity contribution in [1.82, 2.24) is 34.7 Å². The smallest absolute Gasteiger partial charge is 0.347 e. The van der Waals surface area contributed by atoms with Crippen LogP contribution in [0, 0.1) is 5.92 Å². The third-order valence-corrected chi connectivity index (χ3v) is 5.80. The molecule has 33 heavy (non-hydrogen) atoms. The summed E-state index contributed by atoms with van der Waals surface area (Å²) < 4.78 is 7.22. The van der Waals surface area contributed by atoms with Gasteiger partial charge in [0.25, 0.3) is 5.56 Å². The lowest BCUT2D eigenvalue weighted by atomic mass is 9.99. The number of aromatic nitrogens is 5. The third-order valence-electron chi connectivity index (χ3n) is 5.80. The molecule has 1 saturated heterocycles. The van der Waals surface area contributed by atoms with E-state index in [2.05, 4.69) is 32.4 Å². The average Bonchev–Trinajstić information content (AvgIpc) is 3.31. The maximum Gasteiger partial charge on any atom is 0.352 e. The highest BCUT2D eigenvalue weighted by molar-refractivity contribution is 5.89. The molecule has 1 aromatic carbocycles. The van der Waals surface area contributed by atoms with Crippen molar-refractivity contribution in [3.05, 3.63) is 57.1 Å². The molecule has 4 rings (SSSR count). The summed E-state index contributed by atoms with van der Waals surface area (Å²) in [5.41, 5.74) is -0.919. The molecular formula is C22H27N7O4. The van der Waals surface area contributed by atoms with Gasteiger partial charge >= 0.3 is 17.5 Å². The van der Waals surface area contributed by atoms with E-state index in [4.69, 9.17) is 4.52 Å². The maximum atomic E-state index is 12.8. The van der Waals surface area contributed by atoms with Crippen molar-refractivity contribution in [2.75, 3.05) is 26.2 Å². The summed E-state index contributed by atoms with van der Waals surface area (Å²) in [7, 11) is 0. The van der Waals surface area contributed by atoms with E-state index in [9.17, 15) is 14.4 Å². The van der Waals surface area contributed by atoms with E-state index in [0.29, 0.717) is 12.2 Å². The minimum absolute atomic E-state index is 0.139. The first-order chi connectivity index (χ1) is 16.0. The number of carbonyl (C=O) groups excluding carboxylic acids is 1. The second-order valence-electron chi connectivity index (χ2n) is 8.13. The van der Waals surface area contributed by atoms with Gasteiger partial charge in [-0.05, 0) is 50.9 Å². The minimum atomic E-state index is -0.651. The average molecular weight is 454 g/mol.